The molecule has 2 heterocycles. The highest BCUT2D eigenvalue weighted by Gasteiger charge is 2.26. The number of nitrogens with zero attached hydrogens (tertiary/aromatic N) is 2. The van der Waals surface area contributed by atoms with Gasteiger partial charge in [-0.15, -0.1) is 0 Å². The van der Waals surface area contributed by atoms with Crippen LogP contribution in [0.5, 0.6) is 0 Å². The van der Waals surface area contributed by atoms with Gasteiger partial charge in [0.25, 0.3) is 0 Å². The smallest absolute Gasteiger partial charge is 0.194 e. The summed E-state index contributed by atoms with van der Waals surface area (Å²) in [5, 5.41) is 3.40. The van der Waals surface area contributed by atoms with Gasteiger partial charge in [0.1, 0.15) is 0 Å². The third-order valence-electron chi connectivity index (χ3n) is 3.19. The van der Waals surface area contributed by atoms with Crippen molar-refractivity contribution < 1.29 is 0 Å². The summed E-state index contributed by atoms with van der Waals surface area (Å²) in [6, 6.07) is 0.759. The fourth-order valence-corrected chi connectivity index (χ4v) is 2.37. The van der Waals surface area contributed by atoms with Gasteiger partial charge in [0.15, 0.2) is 5.96 Å². The monoisotopic (exact) mass is 195 g/mol. The molecule has 0 saturated carbocycles. The molecule has 2 aliphatic rings. The van der Waals surface area contributed by atoms with Gasteiger partial charge >= 0.3 is 0 Å². The van der Waals surface area contributed by atoms with Gasteiger partial charge in [0, 0.05) is 25.7 Å². The minimum Gasteiger partial charge on any atom is -0.356 e. The van der Waals surface area contributed by atoms with E-state index in [4.69, 9.17) is 0 Å². The maximum atomic E-state index is 4.54. The first-order valence-electron chi connectivity index (χ1n) is 5.97. The van der Waals surface area contributed by atoms with E-state index in [9.17, 15) is 0 Å². The van der Waals surface area contributed by atoms with Crippen LogP contribution in [0, 0.1) is 0 Å². The predicted octanol–water partition coefficient (Wildman–Crippen LogP) is 1.60. The van der Waals surface area contributed by atoms with Crippen LogP contribution in [-0.2, 0) is 0 Å². The molecule has 0 aromatic heterocycles. The fraction of sp³-hybridized carbons (Fsp3) is 0.909. The van der Waals surface area contributed by atoms with Crippen molar-refractivity contribution in [1.82, 2.24) is 10.2 Å². The second-order valence-electron chi connectivity index (χ2n) is 4.26. The first kappa shape index (κ1) is 9.81. The molecule has 1 saturated heterocycles. The van der Waals surface area contributed by atoms with E-state index in [1.54, 1.807) is 0 Å². The molecule has 1 fully saturated rings. The highest BCUT2D eigenvalue weighted by Crippen LogP contribution is 2.18. The molecule has 0 amide bonds. The van der Waals surface area contributed by atoms with Crippen LogP contribution in [-0.4, -0.2) is 36.5 Å². The minimum absolute atomic E-state index is 0.759. The molecule has 1 atom stereocenters. The van der Waals surface area contributed by atoms with E-state index in [1.165, 1.54) is 44.6 Å². The van der Waals surface area contributed by atoms with Crippen LogP contribution in [0.2, 0.25) is 0 Å². The van der Waals surface area contributed by atoms with Crippen molar-refractivity contribution in [3.05, 3.63) is 0 Å². The number of nitrogens with one attached hydrogen (secondary N) is 1. The Morgan fingerprint density at radius 3 is 3.36 bits per heavy atom. The highest BCUT2D eigenvalue weighted by atomic mass is 15.3. The Labute approximate surface area is 86.6 Å². The first-order chi connectivity index (χ1) is 6.92. The lowest BCUT2D eigenvalue weighted by molar-refractivity contribution is 0.237. The van der Waals surface area contributed by atoms with Gasteiger partial charge in [0.05, 0.1) is 0 Å². The summed E-state index contributed by atoms with van der Waals surface area (Å²) in [4.78, 5) is 7.03. The highest BCUT2D eigenvalue weighted by molar-refractivity contribution is 5.81. The van der Waals surface area contributed by atoms with Crippen molar-refractivity contribution in [1.29, 1.82) is 0 Å². The molecule has 2 rings (SSSR count). The van der Waals surface area contributed by atoms with E-state index in [-0.39, 0.29) is 0 Å². The summed E-state index contributed by atoms with van der Waals surface area (Å²) < 4.78 is 0. The van der Waals surface area contributed by atoms with Gasteiger partial charge in [-0.1, -0.05) is 19.8 Å². The van der Waals surface area contributed by atoms with Crippen LogP contribution in [0.3, 0.4) is 0 Å². The zero-order valence-corrected chi connectivity index (χ0v) is 9.13. The molecule has 0 aromatic rings. The van der Waals surface area contributed by atoms with Gasteiger partial charge in [0.2, 0.25) is 0 Å². The second kappa shape index (κ2) is 4.67. The topological polar surface area (TPSA) is 27.6 Å². The lowest BCUT2D eigenvalue weighted by atomic mass is 10.0. The standard InChI is InChI=1S/C11H21N3/c1-2-3-5-10-6-8-13-11-12-7-4-9-14(10)11/h10H,2-9H2,1H3,(H,12,13). The summed E-state index contributed by atoms with van der Waals surface area (Å²) in [5.41, 5.74) is 0. The molecule has 2 aliphatic heterocycles. The molecule has 80 valence electrons. The van der Waals surface area contributed by atoms with Crippen LogP contribution in [0.1, 0.15) is 39.0 Å². The molecule has 0 aromatic carbocycles. The zero-order valence-electron chi connectivity index (χ0n) is 9.13. The number of hydrogen-bond donors (Lipinski definition) is 1. The predicted molar refractivity (Wildman–Crippen MR) is 59.6 cm³/mol. The fourth-order valence-electron chi connectivity index (χ4n) is 2.37. The lowest BCUT2D eigenvalue weighted by Gasteiger charge is -2.40. The van der Waals surface area contributed by atoms with Crippen LogP contribution in [0.25, 0.3) is 0 Å². The van der Waals surface area contributed by atoms with Gasteiger partial charge in [-0.05, 0) is 19.3 Å². The van der Waals surface area contributed by atoms with Crippen molar-refractivity contribution >= 4 is 5.96 Å². The van der Waals surface area contributed by atoms with Gasteiger partial charge in [-0.25, -0.2) is 0 Å². The largest absolute Gasteiger partial charge is 0.356 e. The molecular weight excluding hydrogens is 174 g/mol. The van der Waals surface area contributed by atoms with E-state index in [1.807, 2.05) is 0 Å². The molecule has 0 bridgehead atoms. The van der Waals surface area contributed by atoms with Crippen molar-refractivity contribution in [2.75, 3.05) is 19.6 Å². The molecule has 3 nitrogen and oxygen atoms in total. The number of rotatable bonds is 3. The Kier molecular flexibility index (Phi) is 3.27. The third-order valence-corrected chi connectivity index (χ3v) is 3.19. The third kappa shape index (κ3) is 2.02. The van der Waals surface area contributed by atoms with Crippen LogP contribution in [0.15, 0.2) is 4.99 Å². The normalized spacial score (nSPS) is 26.5. The zero-order chi connectivity index (χ0) is 9.80. The summed E-state index contributed by atoms with van der Waals surface area (Å²) in [6.45, 7) is 5.61. The van der Waals surface area contributed by atoms with Gasteiger partial charge in [-0.2, -0.15) is 0 Å². The summed E-state index contributed by atoms with van der Waals surface area (Å²) in [7, 11) is 0. The maximum Gasteiger partial charge on any atom is 0.194 e. The number of hydrogen-bond acceptors (Lipinski definition) is 3. The van der Waals surface area contributed by atoms with E-state index in [0.29, 0.717) is 0 Å². The van der Waals surface area contributed by atoms with Crippen molar-refractivity contribution in [3.63, 3.8) is 0 Å². The Hall–Kier alpha value is -0.730. The van der Waals surface area contributed by atoms with Crippen LogP contribution < -0.4 is 5.32 Å². The molecule has 0 radical (unpaired) electrons. The summed E-state index contributed by atoms with van der Waals surface area (Å²) in [6.07, 6.45) is 6.53. The van der Waals surface area contributed by atoms with E-state index >= 15 is 0 Å². The maximum absolute atomic E-state index is 4.54. The summed E-state index contributed by atoms with van der Waals surface area (Å²) in [5.74, 6) is 1.17. The average Bonchev–Trinajstić information content (AvgIpc) is 2.26. The van der Waals surface area contributed by atoms with E-state index in [0.717, 1.165) is 19.1 Å². The van der Waals surface area contributed by atoms with Gasteiger partial charge in [-0.3, -0.25) is 4.99 Å². The van der Waals surface area contributed by atoms with Gasteiger partial charge < -0.3 is 10.2 Å². The Morgan fingerprint density at radius 1 is 1.57 bits per heavy atom. The molecule has 1 unspecified atom stereocenters. The first-order valence-corrected chi connectivity index (χ1v) is 5.97. The minimum atomic E-state index is 0.759. The molecule has 1 N–H and O–H groups in total. The Morgan fingerprint density at radius 2 is 2.50 bits per heavy atom. The average molecular weight is 195 g/mol. The number of guanidine groups is 1. The SMILES string of the molecule is CCCCC1CCN=C2NCCCN21. The molecular formula is C11H21N3. The number of fused-ring (bicyclic) bond motifs is 1. The Bertz CT molecular complexity index is 213. The Balaban J connectivity index is 1.95. The van der Waals surface area contributed by atoms with Crippen LogP contribution in [0.4, 0.5) is 0 Å². The van der Waals surface area contributed by atoms with Crippen LogP contribution >= 0.6 is 0 Å². The lowest BCUT2D eigenvalue weighted by Crippen LogP contribution is -2.54. The number of unbranched alkanes of at least 4 members (excludes halogenated alkanes) is 1. The van der Waals surface area contributed by atoms with E-state index in [2.05, 4.69) is 22.1 Å². The summed E-state index contributed by atoms with van der Waals surface area (Å²) >= 11 is 0. The molecule has 0 spiro atoms. The molecule has 3 heteroatoms. The molecule has 0 aliphatic carbocycles. The van der Waals surface area contributed by atoms with Crippen molar-refractivity contribution in [3.8, 4) is 0 Å². The molecule has 14 heavy (non-hydrogen) atoms. The van der Waals surface area contributed by atoms with E-state index < -0.39 is 0 Å². The van der Waals surface area contributed by atoms with Crippen molar-refractivity contribution in [2.24, 2.45) is 4.99 Å². The second-order valence-corrected chi connectivity index (χ2v) is 4.26. The quantitative estimate of drug-likeness (QED) is 0.740. The number of aliphatic imine (C=N–C) groups is 1. The van der Waals surface area contributed by atoms with Crippen molar-refractivity contribution in [2.45, 2.75) is 45.1 Å².